The lowest BCUT2D eigenvalue weighted by Crippen LogP contribution is -2.39. The quantitative estimate of drug-likeness (QED) is 0.385. The minimum atomic E-state index is 0. The molecule has 1 aliphatic heterocycles. The fourth-order valence-electron chi connectivity index (χ4n) is 3.39. The maximum atomic E-state index is 4.87. The molecule has 0 spiro atoms. The Morgan fingerprint density at radius 1 is 1.32 bits per heavy atom. The van der Waals surface area contributed by atoms with Gasteiger partial charge in [0, 0.05) is 39.1 Å². The van der Waals surface area contributed by atoms with Crippen LogP contribution in [0.25, 0.3) is 0 Å². The van der Waals surface area contributed by atoms with Crippen molar-refractivity contribution in [2.24, 2.45) is 18.0 Å². The Morgan fingerprint density at radius 3 is 2.60 bits per heavy atom. The van der Waals surface area contributed by atoms with Crippen molar-refractivity contribution in [2.45, 2.75) is 39.7 Å². The lowest BCUT2D eigenvalue weighted by molar-refractivity contribution is 0.188. The normalized spacial score (nSPS) is 16.6. The molecule has 0 radical (unpaired) electrons. The summed E-state index contributed by atoms with van der Waals surface area (Å²) >= 11 is 0. The molecule has 0 amide bonds. The van der Waals surface area contributed by atoms with Gasteiger partial charge in [0.05, 0.1) is 6.54 Å². The number of hydrogen-bond acceptors (Lipinski definition) is 2. The van der Waals surface area contributed by atoms with Gasteiger partial charge in [0.25, 0.3) is 0 Å². The standard InChI is InChI=1S/C19H35N5.HI/c1-5-20-19(23(4)16-18-8-7-13-22(18)3)21-12-9-17-10-14-24(6-2)15-11-17;/h7-8,13,17H,5-6,9-12,14-16H2,1-4H3,(H,20,21);1H. The van der Waals surface area contributed by atoms with Crippen LogP contribution in [0.15, 0.2) is 23.3 Å². The van der Waals surface area contributed by atoms with Crippen molar-refractivity contribution in [3.63, 3.8) is 0 Å². The van der Waals surface area contributed by atoms with E-state index in [1.807, 2.05) is 0 Å². The molecule has 2 heterocycles. The summed E-state index contributed by atoms with van der Waals surface area (Å²) in [6.45, 7) is 10.8. The van der Waals surface area contributed by atoms with Crippen molar-refractivity contribution >= 4 is 29.9 Å². The monoisotopic (exact) mass is 461 g/mol. The molecule has 2 rings (SSSR count). The van der Waals surface area contributed by atoms with Crippen LogP contribution < -0.4 is 5.32 Å². The van der Waals surface area contributed by atoms with Crippen molar-refractivity contribution in [3.8, 4) is 0 Å². The van der Waals surface area contributed by atoms with Crippen molar-refractivity contribution < 1.29 is 0 Å². The average molecular weight is 461 g/mol. The first-order chi connectivity index (χ1) is 11.6. The molecule has 1 aromatic heterocycles. The second-order valence-corrected chi connectivity index (χ2v) is 6.87. The Kier molecular flexibility index (Phi) is 10.5. The van der Waals surface area contributed by atoms with Gasteiger partial charge in [-0.3, -0.25) is 4.99 Å². The zero-order valence-corrected chi connectivity index (χ0v) is 18.7. The van der Waals surface area contributed by atoms with Gasteiger partial charge >= 0.3 is 0 Å². The summed E-state index contributed by atoms with van der Waals surface area (Å²) in [5.74, 6) is 1.86. The first-order valence-corrected chi connectivity index (χ1v) is 9.46. The number of aromatic nitrogens is 1. The number of nitrogens with zero attached hydrogens (tertiary/aromatic N) is 4. The summed E-state index contributed by atoms with van der Waals surface area (Å²) in [6, 6.07) is 4.26. The summed E-state index contributed by atoms with van der Waals surface area (Å²) in [5.41, 5.74) is 1.30. The highest BCUT2D eigenvalue weighted by Crippen LogP contribution is 2.20. The largest absolute Gasteiger partial charge is 0.357 e. The van der Waals surface area contributed by atoms with Crippen LogP contribution in [-0.4, -0.2) is 60.1 Å². The van der Waals surface area contributed by atoms with Gasteiger partial charge in [-0.05, 0) is 63.9 Å². The number of guanidine groups is 1. The Balaban J connectivity index is 0.00000312. The molecule has 5 nitrogen and oxygen atoms in total. The highest BCUT2D eigenvalue weighted by molar-refractivity contribution is 14.0. The summed E-state index contributed by atoms with van der Waals surface area (Å²) < 4.78 is 2.17. The number of likely N-dealkylation sites (tertiary alicyclic amines) is 1. The Bertz CT molecular complexity index is 506. The van der Waals surface area contributed by atoms with Gasteiger partial charge in [0.1, 0.15) is 0 Å². The summed E-state index contributed by atoms with van der Waals surface area (Å²) in [5, 5.41) is 3.43. The van der Waals surface area contributed by atoms with E-state index in [4.69, 9.17) is 4.99 Å². The molecule has 144 valence electrons. The van der Waals surface area contributed by atoms with Crippen LogP contribution in [0.4, 0.5) is 0 Å². The van der Waals surface area contributed by atoms with E-state index in [-0.39, 0.29) is 24.0 Å². The molecule has 1 N–H and O–H groups in total. The molecule has 0 aliphatic carbocycles. The van der Waals surface area contributed by atoms with Gasteiger partial charge in [-0.15, -0.1) is 24.0 Å². The zero-order valence-electron chi connectivity index (χ0n) is 16.4. The van der Waals surface area contributed by atoms with E-state index in [2.05, 4.69) is 66.0 Å². The predicted octanol–water partition coefficient (Wildman–Crippen LogP) is 3.16. The van der Waals surface area contributed by atoms with Crippen LogP contribution >= 0.6 is 24.0 Å². The van der Waals surface area contributed by atoms with E-state index in [0.717, 1.165) is 31.5 Å². The number of nitrogens with one attached hydrogen (secondary N) is 1. The lowest BCUT2D eigenvalue weighted by Gasteiger charge is -2.30. The van der Waals surface area contributed by atoms with Gasteiger partial charge in [0.15, 0.2) is 5.96 Å². The smallest absolute Gasteiger partial charge is 0.194 e. The Hall–Kier alpha value is -0.760. The molecule has 0 bridgehead atoms. The maximum Gasteiger partial charge on any atom is 0.194 e. The van der Waals surface area contributed by atoms with E-state index >= 15 is 0 Å². The van der Waals surface area contributed by atoms with Crippen molar-refractivity contribution in [1.29, 1.82) is 0 Å². The molecule has 0 saturated carbocycles. The number of aryl methyl sites for hydroxylation is 1. The molecule has 0 atom stereocenters. The van der Waals surface area contributed by atoms with Crippen LogP contribution in [-0.2, 0) is 13.6 Å². The van der Waals surface area contributed by atoms with Crippen molar-refractivity contribution in [2.75, 3.05) is 39.8 Å². The highest BCUT2D eigenvalue weighted by Gasteiger charge is 2.17. The third-order valence-electron chi connectivity index (χ3n) is 5.10. The first-order valence-electron chi connectivity index (χ1n) is 9.46. The number of halogens is 1. The van der Waals surface area contributed by atoms with Gasteiger partial charge in [-0.1, -0.05) is 6.92 Å². The third-order valence-corrected chi connectivity index (χ3v) is 5.10. The molecule has 25 heavy (non-hydrogen) atoms. The minimum Gasteiger partial charge on any atom is -0.357 e. The average Bonchev–Trinajstić information content (AvgIpc) is 2.99. The number of aliphatic imine (C=N–C) groups is 1. The molecule has 1 fully saturated rings. The van der Waals surface area contributed by atoms with Gasteiger partial charge in [-0.25, -0.2) is 0 Å². The van der Waals surface area contributed by atoms with Gasteiger partial charge in [0.2, 0.25) is 0 Å². The van der Waals surface area contributed by atoms with Crippen LogP contribution in [0.5, 0.6) is 0 Å². The number of rotatable bonds is 7. The minimum absolute atomic E-state index is 0. The van der Waals surface area contributed by atoms with E-state index < -0.39 is 0 Å². The second-order valence-electron chi connectivity index (χ2n) is 6.87. The first kappa shape index (κ1) is 22.3. The SMILES string of the molecule is CCNC(=NCCC1CCN(CC)CC1)N(C)Cc1cccn1C.I. The molecule has 1 saturated heterocycles. The van der Waals surface area contributed by atoms with Gasteiger partial charge < -0.3 is 19.7 Å². The van der Waals surface area contributed by atoms with Crippen LogP contribution in [0.3, 0.4) is 0 Å². The number of hydrogen-bond donors (Lipinski definition) is 1. The lowest BCUT2D eigenvalue weighted by atomic mass is 9.94. The topological polar surface area (TPSA) is 35.8 Å². The summed E-state index contributed by atoms with van der Waals surface area (Å²) in [7, 11) is 4.21. The molecular formula is C19H36IN5. The molecular weight excluding hydrogens is 425 g/mol. The van der Waals surface area contributed by atoms with Crippen LogP contribution in [0.2, 0.25) is 0 Å². The fraction of sp³-hybridized carbons (Fsp3) is 0.737. The molecule has 1 aromatic rings. The molecule has 6 heteroatoms. The zero-order chi connectivity index (χ0) is 17.4. The summed E-state index contributed by atoms with van der Waals surface area (Å²) in [6.07, 6.45) is 5.97. The third kappa shape index (κ3) is 7.17. The van der Waals surface area contributed by atoms with E-state index in [9.17, 15) is 0 Å². The predicted molar refractivity (Wildman–Crippen MR) is 118 cm³/mol. The van der Waals surface area contributed by atoms with Crippen LogP contribution in [0.1, 0.15) is 38.8 Å². The molecule has 0 unspecified atom stereocenters. The highest BCUT2D eigenvalue weighted by atomic mass is 127. The Morgan fingerprint density at radius 2 is 2.04 bits per heavy atom. The number of piperidine rings is 1. The van der Waals surface area contributed by atoms with Crippen molar-refractivity contribution in [1.82, 2.24) is 19.7 Å². The fourth-order valence-corrected chi connectivity index (χ4v) is 3.39. The van der Waals surface area contributed by atoms with E-state index in [1.54, 1.807) is 0 Å². The van der Waals surface area contributed by atoms with E-state index in [0.29, 0.717) is 0 Å². The summed E-state index contributed by atoms with van der Waals surface area (Å²) in [4.78, 5) is 9.64. The van der Waals surface area contributed by atoms with Crippen molar-refractivity contribution in [3.05, 3.63) is 24.0 Å². The maximum absolute atomic E-state index is 4.87. The molecule has 0 aromatic carbocycles. The molecule has 1 aliphatic rings. The Labute approximate surface area is 170 Å². The van der Waals surface area contributed by atoms with E-state index in [1.165, 1.54) is 44.6 Å². The van der Waals surface area contributed by atoms with Crippen LogP contribution in [0, 0.1) is 5.92 Å². The second kappa shape index (κ2) is 11.8. The van der Waals surface area contributed by atoms with Gasteiger partial charge in [-0.2, -0.15) is 0 Å².